The Morgan fingerprint density at radius 1 is 1.33 bits per heavy atom. The Kier molecular flexibility index (Phi) is 2.75. The second kappa shape index (κ2) is 4.41. The molecule has 3 aromatic heterocycles. The Balaban J connectivity index is 1.84. The average Bonchev–Trinajstić information content (AvgIpc) is 2.96. The molecule has 0 bridgehead atoms. The molecule has 0 aliphatic carbocycles. The lowest BCUT2D eigenvalue weighted by Gasteiger charge is -2.16. The van der Waals surface area contributed by atoms with Gasteiger partial charge in [-0.05, 0) is 40.2 Å². The maximum atomic E-state index is 5.46. The van der Waals surface area contributed by atoms with Gasteiger partial charge in [-0.25, -0.2) is 0 Å². The van der Waals surface area contributed by atoms with Crippen LogP contribution in [0.5, 0.6) is 0 Å². The van der Waals surface area contributed by atoms with E-state index in [0.29, 0.717) is 6.54 Å². The minimum absolute atomic E-state index is 0.645. The second-order valence-corrected chi connectivity index (χ2v) is 4.67. The highest BCUT2D eigenvalue weighted by molar-refractivity contribution is 9.10. The first kappa shape index (κ1) is 11.2. The van der Waals surface area contributed by atoms with Crippen LogP contribution in [0.1, 0.15) is 5.76 Å². The van der Waals surface area contributed by atoms with Crippen LogP contribution in [0, 0.1) is 0 Å². The highest BCUT2D eigenvalue weighted by Gasteiger charge is 2.08. The molecule has 7 heteroatoms. The van der Waals surface area contributed by atoms with Crippen molar-refractivity contribution in [2.24, 2.45) is 0 Å². The van der Waals surface area contributed by atoms with Crippen LogP contribution in [0.2, 0.25) is 0 Å². The van der Waals surface area contributed by atoms with Crippen molar-refractivity contribution in [2.45, 2.75) is 6.54 Å². The zero-order valence-electron chi connectivity index (χ0n) is 9.62. The quantitative estimate of drug-likeness (QED) is 0.742. The van der Waals surface area contributed by atoms with Crippen LogP contribution < -0.4 is 4.90 Å². The summed E-state index contributed by atoms with van der Waals surface area (Å²) in [6, 6.07) is 7.59. The lowest BCUT2D eigenvalue weighted by atomic mass is 10.4. The number of anilines is 1. The van der Waals surface area contributed by atoms with Gasteiger partial charge in [-0.15, -0.1) is 15.3 Å². The fourth-order valence-corrected chi connectivity index (χ4v) is 2.01. The lowest BCUT2D eigenvalue weighted by molar-refractivity contribution is 0.485. The van der Waals surface area contributed by atoms with Gasteiger partial charge < -0.3 is 9.32 Å². The van der Waals surface area contributed by atoms with Gasteiger partial charge in [0.1, 0.15) is 17.9 Å². The smallest absolute Gasteiger partial charge is 0.177 e. The summed E-state index contributed by atoms with van der Waals surface area (Å²) in [6.07, 6.45) is 1.58. The number of furan rings is 1. The number of nitrogens with zero attached hydrogens (tertiary/aromatic N) is 5. The monoisotopic (exact) mass is 307 g/mol. The summed E-state index contributed by atoms with van der Waals surface area (Å²) in [6.45, 7) is 0.645. The first-order valence-electron chi connectivity index (χ1n) is 5.35. The minimum Gasteiger partial charge on any atom is -0.452 e. The molecule has 0 unspecified atom stereocenters. The molecule has 0 saturated heterocycles. The van der Waals surface area contributed by atoms with Gasteiger partial charge in [0, 0.05) is 7.05 Å². The van der Waals surface area contributed by atoms with Crippen molar-refractivity contribution in [3.8, 4) is 0 Å². The number of fused-ring (bicyclic) bond motifs is 1. The zero-order valence-corrected chi connectivity index (χ0v) is 11.2. The lowest BCUT2D eigenvalue weighted by Crippen LogP contribution is -2.18. The van der Waals surface area contributed by atoms with E-state index in [1.165, 1.54) is 0 Å². The van der Waals surface area contributed by atoms with Crippen LogP contribution in [-0.4, -0.2) is 26.9 Å². The Morgan fingerprint density at radius 3 is 3.00 bits per heavy atom. The minimum atomic E-state index is 0.645. The molecule has 0 amide bonds. The van der Waals surface area contributed by atoms with Crippen molar-refractivity contribution in [2.75, 3.05) is 11.9 Å². The van der Waals surface area contributed by atoms with Crippen molar-refractivity contribution in [3.05, 3.63) is 41.0 Å². The standard InChI is InChI=1S/C11H10BrN5O/c1-16(6-8-2-3-9(12)18-8)11-5-4-10-14-13-7-17(10)15-11/h2-5,7H,6H2,1H3. The van der Waals surface area contributed by atoms with E-state index in [-0.39, 0.29) is 0 Å². The fraction of sp³-hybridized carbons (Fsp3) is 0.182. The Bertz CT molecular complexity index is 677. The highest BCUT2D eigenvalue weighted by Crippen LogP contribution is 2.17. The van der Waals surface area contributed by atoms with E-state index >= 15 is 0 Å². The van der Waals surface area contributed by atoms with Crippen LogP contribution in [-0.2, 0) is 6.54 Å². The molecular weight excluding hydrogens is 298 g/mol. The molecule has 18 heavy (non-hydrogen) atoms. The SMILES string of the molecule is CN(Cc1ccc(Br)o1)c1ccc2nncn2n1. The van der Waals surface area contributed by atoms with E-state index in [1.54, 1.807) is 10.8 Å². The fourth-order valence-electron chi connectivity index (χ4n) is 1.67. The topological polar surface area (TPSA) is 59.5 Å². The molecule has 92 valence electrons. The molecule has 0 saturated carbocycles. The molecule has 0 atom stereocenters. The molecule has 0 aliphatic heterocycles. The molecule has 0 aromatic carbocycles. The molecule has 0 aliphatic rings. The molecule has 6 nitrogen and oxygen atoms in total. The predicted octanol–water partition coefficient (Wildman–Crippen LogP) is 2.12. The summed E-state index contributed by atoms with van der Waals surface area (Å²) < 4.78 is 7.84. The largest absolute Gasteiger partial charge is 0.452 e. The van der Waals surface area contributed by atoms with E-state index in [9.17, 15) is 0 Å². The predicted molar refractivity (Wildman–Crippen MR) is 69.3 cm³/mol. The molecule has 3 rings (SSSR count). The third-order valence-electron chi connectivity index (χ3n) is 2.56. The van der Waals surface area contributed by atoms with Gasteiger partial charge in [-0.2, -0.15) is 4.52 Å². The van der Waals surface area contributed by atoms with Crippen molar-refractivity contribution in [1.29, 1.82) is 0 Å². The van der Waals surface area contributed by atoms with E-state index in [2.05, 4.69) is 31.2 Å². The zero-order chi connectivity index (χ0) is 12.5. The maximum Gasteiger partial charge on any atom is 0.177 e. The van der Waals surface area contributed by atoms with Gasteiger partial charge in [0.2, 0.25) is 0 Å². The Morgan fingerprint density at radius 2 is 2.22 bits per heavy atom. The van der Waals surface area contributed by atoms with Crippen molar-refractivity contribution in [3.63, 3.8) is 0 Å². The average molecular weight is 308 g/mol. The van der Waals surface area contributed by atoms with E-state index < -0.39 is 0 Å². The summed E-state index contributed by atoms with van der Waals surface area (Å²) >= 11 is 3.28. The van der Waals surface area contributed by atoms with E-state index in [4.69, 9.17) is 4.42 Å². The van der Waals surface area contributed by atoms with Crippen LogP contribution in [0.3, 0.4) is 0 Å². The van der Waals surface area contributed by atoms with Gasteiger partial charge in [-0.3, -0.25) is 0 Å². The van der Waals surface area contributed by atoms with Gasteiger partial charge in [0.05, 0.1) is 6.54 Å². The summed E-state index contributed by atoms with van der Waals surface area (Å²) in [5, 5.41) is 12.1. The third kappa shape index (κ3) is 2.08. The summed E-state index contributed by atoms with van der Waals surface area (Å²) in [5.74, 6) is 1.70. The number of hydrogen-bond acceptors (Lipinski definition) is 5. The molecule has 0 N–H and O–H groups in total. The maximum absolute atomic E-state index is 5.46. The van der Waals surface area contributed by atoms with Crippen molar-refractivity contribution < 1.29 is 4.42 Å². The summed E-state index contributed by atoms with van der Waals surface area (Å²) in [5.41, 5.74) is 0.730. The Hall–Kier alpha value is -1.89. The first-order valence-corrected chi connectivity index (χ1v) is 6.14. The van der Waals surface area contributed by atoms with Gasteiger partial charge >= 0.3 is 0 Å². The van der Waals surface area contributed by atoms with E-state index in [1.807, 2.05) is 36.2 Å². The summed E-state index contributed by atoms with van der Waals surface area (Å²) in [4.78, 5) is 1.99. The third-order valence-corrected chi connectivity index (χ3v) is 2.99. The highest BCUT2D eigenvalue weighted by atomic mass is 79.9. The van der Waals surface area contributed by atoms with Crippen LogP contribution in [0.15, 0.2) is 39.7 Å². The van der Waals surface area contributed by atoms with Gasteiger partial charge in [0.25, 0.3) is 0 Å². The molecule has 3 heterocycles. The molecule has 0 fully saturated rings. The van der Waals surface area contributed by atoms with Crippen LogP contribution in [0.25, 0.3) is 5.65 Å². The second-order valence-electron chi connectivity index (χ2n) is 3.89. The van der Waals surface area contributed by atoms with Crippen molar-refractivity contribution in [1.82, 2.24) is 19.8 Å². The van der Waals surface area contributed by atoms with Gasteiger partial charge in [0.15, 0.2) is 10.3 Å². The number of rotatable bonds is 3. The van der Waals surface area contributed by atoms with Gasteiger partial charge in [-0.1, -0.05) is 0 Å². The van der Waals surface area contributed by atoms with Crippen LogP contribution in [0.4, 0.5) is 5.82 Å². The Labute approximate surface area is 111 Å². The molecule has 0 spiro atoms. The number of hydrogen-bond donors (Lipinski definition) is 0. The first-order chi connectivity index (χ1) is 8.72. The summed E-state index contributed by atoms with van der Waals surface area (Å²) in [7, 11) is 1.95. The number of halogens is 1. The molecule has 3 aromatic rings. The van der Waals surface area contributed by atoms with Crippen LogP contribution >= 0.6 is 15.9 Å². The van der Waals surface area contributed by atoms with E-state index in [0.717, 1.165) is 21.9 Å². The number of aromatic nitrogens is 4. The normalized spacial score (nSPS) is 11.0. The molecule has 0 radical (unpaired) electrons. The molecular formula is C11H10BrN5O. The van der Waals surface area contributed by atoms with Crippen molar-refractivity contribution >= 4 is 27.4 Å².